The van der Waals surface area contributed by atoms with E-state index in [9.17, 15) is 9.18 Å². The fourth-order valence-electron chi connectivity index (χ4n) is 1.88. The number of hydrogen-bond acceptors (Lipinski definition) is 5. The van der Waals surface area contributed by atoms with Gasteiger partial charge in [-0.3, -0.25) is 4.79 Å². The monoisotopic (exact) mass is 312 g/mol. The van der Waals surface area contributed by atoms with Crippen molar-refractivity contribution in [2.75, 3.05) is 32.1 Å². The second-order valence-corrected chi connectivity index (χ2v) is 5.48. The summed E-state index contributed by atoms with van der Waals surface area (Å²) in [6.45, 7) is 1.20. The van der Waals surface area contributed by atoms with Gasteiger partial charge in [0.25, 0.3) is 5.91 Å². The summed E-state index contributed by atoms with van der Waals surface area (Å²) in [5.74, 6) is -0.642. The van der Waals surface area contributed by atoms with Crippen LogP contribution >= 0.6 is 11.3 Å². The Morgan fingerprint density at radius 3 is 3.00 bits per heavy atom. The SMILES string of the molecule is Nc1c(C(=O)NCCCOCCO)sc2ccc(F)cc12. The minimum absolute atomic E-state index is 0.0127. The summed E-state index contributed by atoms with van der Waals surface area (Å²) in [6, 6.07) is 4.30. The molecule has 0 atom stereocenters. The molecular formula is C14H17FN2O3S. The highest BCUT2D eigenvalue weighted by Gasteiger charge is 2.16. The van der Waals surface area contributed by atoms with Crippen molar-refractivity contribution >= 4 is 33.0 Å². The number of hydrogen-bond donors (Lipinski definition) is 3. The lowest BCUT2D eigenvalue weighted by atomic mass is 10.2. The molecule has 4 N–H and O–H groups in total. The van der Waals surface area contributed by atoms with Crippen LogP contribution in [0.2, 0.25) is 0 Å². The molecule has 0 saturated heterocycles. The summed E-state index contributed by atoms with van der Waals surface area (Å²) in [6.07, 6.45) is 0.644. The van der Waals surface area contributed by atoms with Gasteiger partial charge in [-0.2, -0.15) is 0 Å². The van der Waals surface area contributed by atoms with Crippen LogP contribution < -0.4 is 11.1 Å². The van der Waals surface area contributed by atoms with Gasteiger partial charge < -0.3 is 20.9 Å². The van der Waals surface area contributed by atoms with Crippen LogP contribution in [0.25, 0.3) is 10.1 Å². The van der Waals surface area contributed by atoms with Crippen LogP contribution in [0.1, 0.15) is 16.1 Å². The number of nitrogen functional groups attached to an aromatic ring is 1. The lowest BCUT2D eigenvalue weighted by Gasteiger charge is -2.05. The van der Waals surface area contributed by atoms with E-state index in [0.717, 1.165) is 4.70 Å². The van der Waals surface area contributed by atoms with Gasteiger partial charge in [-0.25, -0.2) is 4.39 Å². The van der Waals surface area contributed by atoms with Gasteiger partial charge in [0, 0.05) is 23.2 Å². The summed E-state index contributed by atoms with van der Waals surface area (Å²) in [5, 5.41) is 11.9. The molecule has 0 spiro atoms. The van der Waals surface area contributed by atoms with Crippen LogP contribution in [-0.2, 0) is 4.74 Å². The van der Waals surface area contributed by atoms with Crippen molar-refractivity contribution in [3.63, 3.8) is 0 Å². The van der Waals surface area contributed by atoms with Crippen molar-refractivity contribution in [3.8, 4) is 0 Å². The zero-order valence-corrected chi connectivity index (χ0v) is 12.2. The summed E-state index contributed by atoms with van der Waals surface area (Å²) >= 11 is 1.24. The maximum Gasteiger partial charge on any atom is 0.263 e. The first-order valence-corrected chi connectivity index (χ1v) is 7.39. The first kappa shape index (κ1) is 15.7. The number of anilines is 1. The number of aliphatic hydroxyl groups excluding tert-OH is 1. The predicted octanol–water partition coefficient (Wildman–Crippen LogP) is 1.75. The molecular weight excluding hydrogens is 295 g/mol. The smallest absolute Gasteiger partial charge is 0.263 e. The minimum atomic E-state index is -0.375. The number of nitrogens with two attached hydrogens (primary N) is 1. The Morgan fingerprint density at radius 1 is 1.43 bits per heavy atom. The molecule has 0 fully saturated rings. The van der Waals surface area contributed by atoms with Crippen LogP contribution in [0.3, 0.4) is 0 Å². The van der Waals surface area contributed by atoms with E-state index in [2.05, 4.69) is 5.32 Å². The summed E-state index contributed by atoms with van der Waals surface area (Å²) < 4.78 is 19.1. The summed E-state index contributed by atoms with van der Waals surface area (Å²) in [7, 11) is 0. The Hall–Kier alpha value is -1.70. The van der Waals surface area contributed by atoms with E-state index in [1.54, 1.807) is 6.07 Å². The molecule has 0 aliphatic carbocycles. The molecule has 21 heavy (non-hydrogen) atoms. The molecule has 0 bridgehead atoms. The Kier molecular flexibility index (Phi) is 5.49. The number of amides is 1. The molecule has 2 aromatic rings. The molecule has 7 heteroatoms. The van der Waals surface area contributed by atoms with Crippen molar-refractivity contribution < 1.29 is 19.0 Å². The number of benzene rings is 1. The van der Waals surface area contributed by atoms with Gasteiger partial charge in [-0.05, 0) is 24.6 Å². The largest absolute Gasteiger partial charge is 0.397 e. The highest BCUT2D eigenvalue weighted by molar-refractivity contribution is 7.21. The standard InChI is InChI=1S/C14H17FN2O3S/c15-9-2-3-11-10(8-9)12(16)13(21-11)14(19)17-4-1-6-20-7-5-18/h2-3,8,18H,1,4-7,16H2,(H,17,19). The van der Waals surface area contributed by atoms with Gasteiger partial charge in [0.2, 0.25) is 0 Å². The fraction of sp³-hybridized carbons (Fsp3) is 0.357. The van der Waals surface area contributed by atoms with Crippen molar-refractivity contribution in [1.82, 2.24) is 5.32 Å². The molecule has 0 unspecified atom stereocenters. The topological polar surface area (TPSA) is 84.6 Å². The van der Waals surface area contributed by atoms with E-state index in [4.69, 9.17) is 15.6 Å². The third kappa shape index (κ3) is 3.90. The molecule has 114 valence electrons. The van der Waals surface area contributed by atoms with E-state index < -0.39 is 0 Å². The van der Waals surface area contributed by atoms with Crippen molar-refractivity contribution in [2.45, 2.75) is 6.42 Å². The van der Waals surface area contributed by atoms with Crippen molar-refractivity contribution in [3.05, 3.63) is 28.9 Å². The number of ether oxygens (including phenoxy) is 1. The van der Waals surface area contributed by atoms with Crippen molar-refractivity contribution in [2.24, 2.45) is 0 Å². The second-order valence-electron chi connectivity index (χ2n) is 4.43. The van der Waals surface area contributed by atoms with Gasteiger partial charge in [-0.15, -0.1) is 11.3 Å². The van der Waals surface area contributed by atoms with Crippen LogP contribution in [0.4, 0.5) is 10.1 Å². The average Bonchev–Trinajstić information content (AvgIpc) is 2.79. The molecule has 0 saturated carbocycles. The maximum absolute atomic E-state index is 13.2. The summed E-state index contributed by atoms with van der Waals surface area (Å²) in [5.41, 5.74) is 6.22. The van der Waals surface area contributed by atoms with E-state index in [1.165, 1.54) is 23.5 Å². The minimum Gasteiger partial charge on any atom is -0.397 e. The number of carbonyl (C=O) groups is 1. The first-order valence-electron chi connectivity index (χ1n) is 6.58. The lowest BCUT2D eigenvalue weighted by molar-refractivity contribution is 0.0869. The fourth-order valence-corrected chi connectivity index (χ4v) is 2.90. The Bertz CT molecular complexity index is 630. The molecule has 0 aliphatic heterocycles. The van der Waals surface area contributed by atoms with Gasteiger partial charge in [0.05, 0.1) is 18.9 Å². The highest BCUT2D eigenvalue weighted by Crippen LogP contribution is 2.33. The lowest BCUT2D eigenvalue weighted by Crippen LogP contribution is -2.25. The Labute approximate surface area is 125 Å². The summed E-state index contributed by atoms with van der Waals surface area (Å²) in [4.78, 5) is 12.4. The van der Waals surface area contributed by atoms with Crippen molar-refractivity contribution in [1.29, 1.82) is 0 Å². The van der Waals surface area contributed by atoms with Crippen LogP contribution in [0.15, 0.2) is 18.2 Å². The second kappa shape index (κ2) is 7.35. The number of aliphatic hydroxyl groups is 1. The number of nitrogens with one attached hydrogen (secondary N) is 1. The molecule has 2 rings (SSSR count). The normalized spacial score (nSPS) is 11.0. The zero-order valence-electron chi connectivity index (χ0n) is 11.4. The molecule has 0 aliphatic rings. The Balaban J connectivity index is 1.95. The number of rotatable bonds is 7. The molecule has 0 radical (unpaired) electrons. The van der Waals surface area contributed by atoms with Gasteiger partial charge >= 0.3 is 0 Å². The third-order valence-electron chi connectivity index (χ3n) is 2.88. The van der Waals surface area contributed by atoms with Crippen LogP contribution in [0, 0.1) is 5.82 Å². The van der Waals surface area contributed by atoms with E-state index in [1.807, 2.05) is 0 Å². The number of carbonyl (C=O) groups excluding carboxylic acids is 1. The number of fused-ring (bicyclic) bond motifs is 1. The quantitative estimate of drug-likeness (QED) is 0.680. The number of halogens is 1. The first-order chi connectivity index (χ1) is 10.1. The van der Waals surface area contributed by atoms with Gasteiger partial charge in [-0.1, -0.05) is 0 Å². The van der Waals surface area contributed by atoms with E-state index in [0.29, 0.717) is 42.1 Å². The van der Waals surface area contributed by atoms with Crippen LogP contribution in [-0.4, -0.2) is 37.4 Å². The maximum atomic E-state index is 13.2. The van der Waals surface area contributed by atoms with Gasteiger partial charge in [0.1, 0.15) is 10.7 Å². The predicted molar refractivity (Wildman–Crippen MR) is 81.1 cm³/mol. The molecule has 1 amide bonds. The Morgan fingerprint density at radius 2 is 2.24 bits per heavy atom. The van der Waals surface area contributed by atoms with Crippen LogP contribution in [0.5, 0.6) is 0 Å². The van der Waals surface area contributed by atoms with E-state index in [-0.39, 0.29) is 18.3 Å². The van der Waals surface area contributed by atoms with E-state index >= 15 is 0 Å². The molecule has 1 heterocycles. The highest BCUT2D eigenvalue weighted by atomic mass is 32.1. The molecule has 1 aromatic heterocycles. The third-order valence-corrected chi connectivity index (χ3v) is 4.07. The van der Waals surface area contributed by atoms with Gasteiger partial charge in [0.15, 0.2) is 0 Å². The molecule has 1 aromatic carbocycles. The zero-order chi connectivity index (χ0) is 15.2. The number of thiophene rings is 1. The average molecular weight is 312 g/mol. The molecule has 5 nitrogen and oxygen atoms in total.